The molecule has 0 bridgehead atoms. The SMILES string of the molecule is I.NC(=NCCS(=O)(=O)NCC1CCCCO1)N1CCN(c2nccs2)CC1. The van der Waals surface area contributed by atoms with Gasteiger partial charge in [-0.25, -0.2) is 18.1 Å². The van der Waals surface area contributed by atoms with Gasteiger partial charge >= 0.3 is 0 Å². The second kappa shape index (κ2) is 11.5. The van der Waals surface area contributed by atoms with Crippen LogP contribution in [0.2, 0.25) is 0 Å². The zero-order valence-electron chi connectivity index (χ0n) is 15.8. The maximum atomic E-state index is 12.1. The molecule has 3 N–H and O–H groups in total. The lowest BCUT2D eigenvalue weighted by Gasteiger charge is -2.35. The normalized spacial score (nSPS) is 21.4. The Hall–Kier alpha value is -0.700. The van der Waals surface area contributed by atoms with Crippen molar-refractivity contribution in [1.82, 2.24) is 14.6 Å². The number of aliphatic imine (C=N–C) groups is 1. The van der Waals surface area contributed by atoms with Crippen LogP contribution in [0.4, 0.5) is 5.13 Å². The minimum absolute atomic E-state index is 0. The van der Waals surface area contributed by atoms with Crippen LogP contribution in [-0.2, 0) is 14.8 Å². The minimum atomic E-state index is -3.37. The van der Waals surface area contributed by atoms with Crippen LogP contribution in [0.5, 0.6) is 0 Å². The Bertz CT molecular complexity index is 702. The number of rotatable bonds is 7. The first-order valence-electron chi connectivity index (χ1n) is 9.32. The van der Waals surface area contributed by atoms with Crippen LogP contribution in [0.15, 0.2) is 16.6 Å². The quantitative estimate of drug-likeness (QED) is 0.295. The first-order valence-corrected chi connectivity index (χ1v) is 11.8. The van der Waals surface area contributed by atoms with Crippen LogP contribution in [0.1, 0.15) is 19.3 Å². The first kappa shape index (κ1) is 23.6. The van der Waals surface area contributed by atoms with Crippen molar-refractivity contribution in [3.05, 3.63) is 11.6 Å². The van der Waals surface area contributed by atoms with Crippen LogP contribution in [0, 0.1) is 0 Å². The van der Waals surface area contributed by atoms with Gasteiger partial charge in [-0.2, -0.15) is 0 Å². The van der Waals surface area contributed by atoms with E-state index in [1.54, 1.807) is 17.5 Å². The summed E-state index contributed by atoms with van der Waals surface area (Å²) in [5, 5.41) is 2.98. The zero-order chi connectivity index (χ0) is 19.1. The van der Waals surface area contributed by atoms with Crippen molar-refractivity contribution in [2.75, 3.05) is 56.5 Å². The number of guanidine groups is 1. The largest absolute Gasteiger partial charge is 0.377 e. The number of halogens is 1. The first-order chi connectivity index (χ1) is 13.0. The number of nitrogens with zero attached hydrogens (tertiary/aromatic N) is 4. The van der Waals surface area contributed by atoms with Crippen molar-refractivity contribution in [3.63, 3.8) is 0 Å². The van der Waals surface area contributed by atoms with E-state index in [-0.39, 0.29) is 42.4 Å². The number of hydrogen-bond donors (Lipinski definition) is 2. The van der Waals surface area contributed by atoms with Crippen LogP contribution in [0.25, 0.3) is 0 Å². The maximum absolute atomic E-state index is 12.1. The summed E-state index contributed by atoms with van der Waals surface area (Å²) < 4.78 is 32.4. The third kappa shape index (κ3) is 7.28. The van der Waals surface area contributed by atoms with Gasteiger partial charge in [0.1, 0.15) is 0 Å². The van der Waals surface area contributed by atoms with Crippen LogP contribution >= 0.6 is 35.3 Å². The van der Waals surface area contributed by atoms with Crippen molar-refractivity contribution in [1.29, 1.82) is 0 Å². The number of sulfonamides is 1. The average molecular weight is 544 g/mol. The Labute approximate surface area is 187 Å². The van der Waals surface area contributed by atoms with Crippen molar-refractivity contribution >= 4 is 56.4 Å². The number of piperazine rings is 1. The molecule has 0 saturated carbocycles. The van der Waals surface area contributed by atoms with E-state index in [1.807, 2.05) is 10.3 Å². The lowest BCUT2D eigenvalue weighted by Crippen LogP contribution is -2.51. The molecule has 0 spiro atoms. The van der Waals surface area contributed by atoms with Gasteiger partial charge in [0.05, 0.1) is 18.4 Å². The lowest BCUT2D eigenvalue weighted by atomic mass is 10.1. The van der Waals surface area contributed by atoms with E-state index >= 15 is 0 Å². The molecular weight excluding hydrogens is 515 g/mol. The summed E-state index contributed by atoms with van der Waals surface area (Å²) in [6, 6.07) is 0. The summed E-state index contributed by atoms with van der Waals surface area (Å²) in [5.74, 6) is 0.332. The third-order valence-corrected chi connectivity index (χ3v) is 6.89. The van der Waals surface area contributed by atoms with Gasteiger partial charge in [-0.05, 0) is 19.3 Å². The summed E-state index contributed by atoms with van der Waals surface area (Å²) in [6.45, 7) is 4.34. The average Bonchev–Trinajstić information content (AvgIpc) is 3.22. The van der Waals surface area contributed by atoms with Gasteiger partial charge in [-0.15, -0.1) is 35.3 Å². The summed E-state index contributed by atoms with van der Waals surface area (Å²) >= 11 is 1.62. The fraction of sp³-hybridized carbons (Fsp3) is 0.750. The molecular formula is C16H29IN6O3S2. The predicted octanol–water partition coefficient (Wildman–Crippen LogP) is 0.686. The molecule has 0 aliphatic carbocycles. The Kier molecular flexibility index (Phi) is 9.66. The van der Waals surface area contributed by atoms with Crippen molar-refractivity contribution < 1.29 is 13.2 Å². The van der Waals surface area contributed by atoms with E-state index in [1.165, 1.54) is 0 Å². The summed E-state index contributed by atoms with van der Waals surface area (Å²) in [5.41, 5.74) is 6.04. The highest BCUT2D eigenvalue weighted by atomic mass is 127. The molecule has 1 unspecified atom stereocenters. The molecule has 1 aromatic rings. The molecule has 3 heterocycles. The molecule has 12 heteroatoms. The molecule has 28 heavy (non-hydrogen) atoms. The molecule has 9 nitrogen and oxygen atoms in total. The second-order valence-electron chi connectivity index (χ2n) is 6.68. The molecule has 0 radical (unpaired) electrons. The summed E-state index contributed by atoms with van der Waals surface area (Å²) in [6.07, 6.45) is 4.83. The minimum Gasteiger partial charge on any atom is -0.377 e. The number of nitrogens with one attached hydrogen (secondary N) is 1. The lowest BCUT2D eigenvalue weighted by molar-refractivity contribution is 0.0200. The monoisotopic (exact) mass is 544 g/mol. The number of thiazole rings is 1. The zero-order valence-corrected chi connectivity index (χ0v) is 19.8. The Balaban J connectivity index is 0.00000280. The van der Waals surface area contributed by atoms with Crippen LogP contribution in [-0.4, -0.2) is 82.0 Å². The molecule has 1 aromatic heterocycles. The summed E-state index contributed by atoms with van der Waals surface area (Å²) in [4.78, 5) is 12.8. The number of hydrogen-bond acceptors (Lipinski definition) is 7. The van der Waals surface area contributed by atoms with Crippen molar-refractivity contribution in [3.8, 4) is 0 Å². The fourth-order valence-corrected chi connectivity index (χ4v) is 4.75. The Morgan fingerprint density at radius 3 is 2.79 bits per heavy atom. The third-order valence-electron chi connectivity index (χ3n) is 4.73. The fourth-order valence-electron chi connectivity index (χ4n) is 3.14. The maximum Gasteiger partial charge on any atom is 0.213 e. The van der Waals surface area contributed by atoms with E-state index in [0.717, 1.165) is 50.6 Å². The van der Waals surface area contributed by atoms with Gasteiger partial charge in [0.25, 0.3) is 0 Å². The molecule has 2 aliphatic rings. The van der Waals surface area contributed by atoms with Gasteiger partial charge in [-0.1, -0.05) is 0 Å². The van der Waals surface area contributed by atoms with Crippen molar-refractivity contribution in [2.24, 2.45) is 10.7 Å². The van der Waals surface area contributed by atoms with Gasteiger partial charge in [-0.3, -0.25) is 4.99 Å². The summed E-state index contributed by atoms with van der Waals surface area (Å²) in [7, 11) is -3.37. The number of nitrogens with two attached hydrogens (primary N) is 1. The molecule has 1 atom stereocenters. The predicted molar refractivity (Wildman–Crippen MR) is 123 cm³/mol. The molecule has 160 valence electrons. The van der Waals surface area contributed by atoms with E-state index in [0.29, 0.717) is 19.1 Å². The van der Waals surface area contributed by atoms with Crippen LogP contribution in [0.3, 0.4) is 0 Å². The van der Waals surface area contributed by atoms with E-state index in [2.05, 4.69) is 19.6 Å². The van der Waals surface area contributed by atoms with Gasteiger partial charge in [0.2, 0.25) is 10.0 Å². The highest BCUT2D eigenvalue weighted by Gasteiger charge is 2.20. The molecule has 0 amide bonds. The van der Waals surface area contributed by atoms with E-state index in [4.69, 9.17) is 10.5 Å². The van der Waals surface area contributed by atoms with E-state index in [9.17, 15) is 8.42 Å². The molecule has 0 aromatic carbocycles. The Morgan fingerprint density at radius 2 is 2.14 bits per heavy atom. The topological polar surface area (TPSA) is 113 Å². The molecule has 3 rings (SSSR count). The number of ether oxygens (including phenoxy) is 1. The Morgan fingerprint density at radius 1 is 1.36 bits per heavy atom. The number of anilines is 1. The second-order valence-corrected chi connectivity index (χ2v) is 9.48. The highest BCUT2D eigenvalue weighted by Crippen LogP contribution is 2.18. The van der Waals surface area contributed by atoms with Gasteiger partial charge in [0, 0.05) is 50.9 Å². The molecule has 2 fully saturated rings. The molecule has 2 aliphatic heterocycles. The van der Waals surface area contributed by atoms with Crippen LogP contribution < -0.4 is 15.4 Å². The highest BCUT2D eigenvalue weighted by molar-refractivity contribution is 14.0. The smallest absolute Gasteiger partial charge is 0.213 e. The molecule has 2 saturated heterocycles. The van der Waals surface area contributed by atoms with Crippen molar-refractivity contribution in [2.45, 2.75) is 25.4 Å². The van der Waals surface area contributed by atoms with Gasteiger partial charge in [0.15, 0.2) is 11.1 Å². The van der Waals surface area contributed by atoms with E-state index < -0.39 is 10.0 Å². The standard InChI is InChI=1S/C16H28N6O3S2.HI/c17-15(21-6-8-22(9-7-21)16-19-4-11-26-16)18-5-12-27(23,24)20-13-14-3-1-2-10-25-14;/h4,11,14,20H,1-3,5-10,12-13H2,(H2,17,18);1H. The van der Waals surface area contributed by atoms with Gasteiger partial charge < -0.3 is 20.3 Å². The number of aromatic nitrogens is 1.